The molecule has 6 nitrogen and oxygen atoms in total. The zero-order valence-corrected chi connectivity index (χ0v) is 19.7. The summed E-state index contributed by atoms with van der Waals surface area (Å²) >= 11 is 0. The molecule has 6 heteroatoms. The van der Waals surface area contributed by atoms with E-state index in [2.05, 4.69) is 0 Å². The van der Waals surface area contributed by atoms with Crippen LogP contribution in [0.3, 0.4) is 0 Å². The molecular weight excluding hydrogens is 442 g/mol. The molecule has 1 heterocycles. The molecule has 3 aromatic carbocycles. The van der Waals surface area contributed by atoms with Gasteiger partial charge in [0.2, 0.25) is 0 Å². The molecule has 180 valence electrons. The van der Waals surface area contributed by atoms with Crippen LogP contribution < -0.4 is 4.90 Å². The van der Waals surface area contributed by atoms with Crippen molar-refractivity contribution in [3.8, 4) is 0 Å². The van der Waals surface area contributed by atoms with Crippen molar-refractivity contribution in [2.45, 2.75) is 31.8 Å². The maximum absolute atomic E-state index is 13.5. The van der Waals surface area contributed by atoms with Crippen LogP contribution in [0.5, 0.6) is 0 Å². The highest BCUT2D eigenvalue weighted by Gasteiger charge is 2.45. The molecule has 35 heavy (non-hydrogen) atoms. The summed E-state index contributed by atoms with van der Waals surface area (Å²) in [6, 6.07) is 28.4. The Bertz CT molecular complexity index is 1180. The molecule has 0 spiro atoms. The molecule has 1 aliphatic heterocycles. The summed E-state index contributed by atoms with van der Waals surface area (Å²) in [6.07, 6.45) is 1.25. The van der Waals surface area contributed by atoms with Crippen molar-refractivity contribution in [3.05, 3.63) is 114 Å². The van der Waals surface area contributed by atoms with Crippen molar-refractivity contribution in [2.24, 2.45) is 0 Å². The van der Waals surface area contributed by atoms with Crippen LogP contribution >= 0.6 is 0 Å². The lowest BCUT2D eigenvalue weighted by Gasteiger charge is -2.40. The Balaban J connectivity index is 1.71. The number of aliphatic hydroxyl groups excluding tert-OH is 1. The van der Waals surface area contributed by atoms with Crippen molar-refractivity contribution in [1.82, 2.24) is 0 Å². The quantitative estimate of drug-likeness (QED) is 0.427. The van der Waals surface area contributed by atoms with Gasteiger partial charge >= 0.3 is 11.9 Å². The summed E-state index contributed by atoms with van der Waals surface area (Å²) in [5.74, 6) is -1.31. The number of anilines is 1. The summed E-state index contributed by atoms with van der Waals surface area (Å²) in [5, 5.41) is 11.3. The zero-order chi connectivity index (χ0) is 24.7. The number of hydrogen-bond acceptors (Lipinski definition) is 6. The minimum absolute atomic E-state index is 0.0458. The average molecular weight is 472 g/mol. The Morgan fingerprint density at radius 1 is 0.971 bits per heavy atom. The topological polar surface area (TPSA) is 76.1 Å². The van der Waals surface area contributed by atoms with Gasteiger partial charge in [0, 0.05) is 5.69 Å². The van der Waals surface area contributed by atoms with E-state index in [9.17, 15) is 14.7 Å². The van der Waals surface area contributed by atoms with Gasteiger partial charge in [-0.15, -0.1) is 0 Å². The number of carbonyl (C=O) groups is 2. The van der Waals surface area contributed by atoms with Crippen LogP contribution in [-0.2, 0) is 31.1 Å². The molecule has 1 aliphatic rings. The first-order valence-electron chi connectivity index (χ1n) is 11.8. The lowest BCUT2D eigenvalue weighted by molar-refractivity contribution is -0.161. The van der Waals surface area contributed by atoms with Crippen LogP contribution in [-0.4, -0.2) is 30.2 Å². The van der Waals surface area contributed by atoms with Crippen molar-refractivity contribution in [2.75, 3.05) is 18.1 Å². The molecular formula is C29H29NO5. The number of benzene rings is 3. The fourth-order valence-corrected chi connectivity index (χ4v) is 4.42. The molecule has 0 bridgehead atoms. The van der Waals surface area contributed by atoms with Crippen molar-refractivity contribution >= 4 is 17.6 Å². The Hall–Kier alpha value is -4.06. The molecule has 0 amide bonds. The van der Waals surface area contributed by atoms with Gasteiger partial charge < -0.3 is 19.5 Å². The number of nitrogens with zero attached hydrogens (tertiary/aromatic N) is 1. The smallest absolute Gasteiger partial charge is 0.359 e. The molecule has 0 saturated heterocycles. The van der Waals surface area contributed by atoms with Gasteiger partial charge in [0.15, 0.2) is 5.70 Å². The zero-order valence-electron chi connectivity index (χ0n) is 19.7. The van der Waals surface area contributed by atoms with Crippen LogP contribution in [0.1, 0.15) is 30.9 Å². The number of aliphatic hydroxyl groups is 1. The summed E-state index contributed by atoms with van der Waals surface area (Å²) in [5.41, 5.74) is 1.42. The first kappa shape index (κ1) is 24.1. The lowest BCUT2D eigenvalue weighted by atomic mass is 9.82. The number of carbonyl (C=O) groups excluding carboxylic acids is 2. The third-order valence-electron chi connectivity index (χ3n) is 6.10. The molecule has 3 aromatic rings. The summed E-state index contributed by atoms with van der Waals surface area (Å²) in [6.45, 7) is 1.71. The van der Waals surface area contributed by atoms with Crippen LogP contribution in [0, 0.1) is 0 Å². The molecule has 4 rings (SSSR count). The minimum Gasteiger partial charge on any atom is -0.510 e. The Morgan fingerprint density at radius 3 is 2.17 bits per heavy atom. The van der Waals surface area contributed by atoms with E-state index in [0.717, 1.165) is 11.1 Å². The van der Waals surface area contributed by atoms with Gasteiger partial charge in [-0.1, -0.05) is 78.9 Å². The second-order valence-corrected chi connectivity index (χ2v) is 8.43. The number of hydrogen-bond donors (Lipinski definition) is 1. The summed E-state index contributed by atoms with van der Waals surface area (Å²) < 4.78 is 11.3. The van der Waals surface area contributed by atoms with Crippen LogP contribution in [0.15, 0.2) is 102 Å². The fourth-order valence-electron chi connectivity index (χ4n) is 4.42. The molecule has 0 aromatic heterocycles. The third kappa shape index (κ3) is 5.54. The maximum Gasteiger partial charge on any atom is 0.359 e. The normalized spacial score (nSPS) is 17.6. The minimum atomic E-state index is -1.03. The first-order chi connectivity index (χ1) is 17.0. The Kier molecular flexibility index (Phi) is 7.51. The fraction of sp³-hybridized carbons (Fsp3) is 0.241. The molecule has 0 radical (unpaired) electrons. The van der Waals surface area contributed by atoms with Crippen LogP contribution in [0.2, 0.25) is 0 Å². The van der Waals surface area contributed by atoms with E-state index in [1.54, 1.807) is 31.2 Å². The lowest BCUT2D eigenvalue weighted by Crippen LogP contribution is -2.44. The highest BCUT2D eigenvalue weighted by Crippen LogP contribution is 2.42. The third-order valence-corrected chi connectivity index (χ3v) is 6.10. The second kappa shape index (κ2) is 10.9. The van der Waals surface area contributed by atoms with E-state index in [0.29, 0.717) is 18.5 Å². The van der Waals surface area contributed by atoms with Gasteiger partial charge in [0.25, 0.3) is 0 Å². The van der Waals surface area contributed by atoms with E-state index in [4.69, 9.17) is 9.47 Å². The van der Waals surface area contributed by atoms with E-state index in [1.807, 2.05) is 66.7 Å². The first-order valence-corrected chi connectivity index (χ1v) is 11.8. The van der Waals surface area contributed by atoms with Crippen molar-refractivity contribution in [3.63, 3.8) is 0 Å². The molecule has 0 saturated carbocycles. The monoisotopic (exact) mass is 471 g/mol. The van der Waals surface area contributed by atoms with Crippen LogP contribution in [0.4, 0.5) is 5.69 Å². The largest absolute Gasteiger partial charge is 0.510 e. The van der Waals surface area contributed by atoms with Gasteiger partial charge in [-0.25, -0.2) is 4.79 Å². The maximum atomic E-state index is 13.5. The predicted octanol–water partition coefficient (Wildman–Crippen LogP) is 5.30. The molecule has 0 aliphatic carbocycles. The van der Waals surface area contributed by atoms with Crippen molar-refractivity contribution in [1.29, 1.82) is 0 Å². The molecule has 1 unspecified atom stereocenters. The van der Waals surface area contributed by atoms with E-state index < -0.39 is 17.5 Å². The Labute approximate surface area is 205 Å². The van der Waals surface area contributed by atoms with Crippen LogP contribution in [0.25, 0.3) is 0 Å². The van der Waals surface area contributed by atoms with Gasteiger partial charge in [0.05, 0.1) is 13.0 Å². The standard InChI is InChI=1S/C29H29NO5/c1-2-34-26(32)21-30(24-16-10-5-11-17-24)27-25(31)20-29(35-28(27)33,23-14-8-4-9-15-23)19-18-22-12-6-3-7-13-22/h3-17,31H,2,18-21H2,1H3. The number of ether oxygens (including phenoxy) is 2. The molecule has 1 N–H and O–H groups in total. The number of para-hydroxylation sites is 1. The second-order valence-electron chi connectivity index (χ2n) is 8.43. The van der Waals surface area contributed by atoms with Gasteiger partial charge in [0.1, 0.15) is 17.9 Å². The number of cyclic esters (lactones) is 1. The highest BCUT2D eigenvalue weighted by atomic mass is 16.6. The molecule has 1 atom stereocenters. The predicted molar refractivity (Wildman–Crippen MR) is 134 cm³/mol. The van der Waals surface area contributed by atoms with Gasteiger partial charge in [-0.2, -0.15) is 0 Å². The summed E-state index contributed by atoms with van der Waals surface area (Å²) in [4.78, 5) is 27.4. The number of aryl methyl sites for hydroxylation is 1. The highest BCUT2D eigenvalue weighted by molar-refractivity contribution is 5.96. The average Bonchev–Trinajstić information content (AvgIpc) is 2.88. The van der Waals surface area contributed by atoms with Gasteiger partial charge in [-0.05, 0) is 43.0 Å². The van der Waals surface area contributed by atoms with E-state index in [-0.39, 0.29) is 31.0 Å². The molecule has 0 fully saturated rings. The number of esters is 2. The summed E-state index contributed by atoms with van der Waals surface area (Å²) in [7, 11) is 0. The van der Waals surface area contributed by atoms with Gasteiger partial charge in [-0.3, -0.25) is 4.79 Å². The van der Waals surface area contributed by atoms with Crippen molar-refractivity contribution < 1.29 is 24.2 Å². The Morgan fingerprint density at radius 2 is 1.57 bits per heavy atom. The van der Waals surface area contributed by atoms with E-state index >= 15 is 0 Å². The number of rotatable bonds is 9. The van der Waals surface area contributed by atoms with E-state index in [1.165, 1.54) is 4.90 Å². The SMILES string of the molecule is CCOC(=O)CN(C1=C(O)CC(CCc2ccccc2)(c2ccccc2)OC1=O)c1ccccc1.